The number of carboxylic acids is 2. The van der Waals surface area contributed by atoms with E-state index in [0.29, 0.717) is 30.5 Å². The highest BCUT2D eigenvalue weighted by Gasteiger charge is 2.35. The van der Waals surface area contributed by atoms with Crippen LogP contribution in [0.2, 0.25) is 0 Å². The number of rotatable bonds is 24. The van der Waals surface area contributed by atoms with Crippen molar-refractivity contribution in [2.45, 2.75) is 108 Å². The van der Waals surface area contributed by atoms with Crippen LogP contribution >= 0.6 is 0 Å². The molecule has 0 aromatic heterocycles. The zero-order valence-corrected chi connectivity index (χ0v) is 31.4. The van der Waals surface area contributed by atoms with Crippen molar-refractivity contribution < 1.29 is 48.9 Å². The van der Waals surface area contributed by atoms with Crippen molar-refractivity contribution in [3.8, 4) is 0 Å². The highest BCUT2D eigenvalue weighted by atomic mass is 16.4. The number of hydrogen-bond acceptors (Lipinski definition) is 10. The first-order chi connectivity index (χ1) is 26.0. The van der Waals surface area contributed by atoms with E-state index in [9.17, 15) is 48.9 Å². The number of amides is 5. The number of nitrogens with one attached hydrogen (secondary N) is 5. The molecule has 0 fully saturated rings. The fourth-order valence-electron chi connectivity index (χ4n) is 5.53. The molecule has 17 nitrogen and oxygen atoms in total. The van der Waals surface area contributed by atoms with Gasteiger partial charge in [0, 0.05) is 19.3 Å². The number of aliphatic hydroxyl groups is 1. The molecule has 302 valence electrons. The first-order valence-electron chi connectivity index (χ1n) is 18.2. The summed E-state index contributed by atoms with van der Waals surface area (Å²) in [5.41, 5.74) is 12.7. The monoisotopic (exact) mass is 769 g/mol. The highest BCUT2D eigenvalue weighted by molar-refractivity contribution is 5.97. The zero-order chi connectivity index (χ0) is 41.1. The van der Waals surface area contributed by atoms with E-state index < -0.39 is 96.2 Å². The van der Waals surface area contributed by atoms with Crippen LogP contribution in [0, 0.1) is 5.92 Å². The number of nitrogens with two attached hydrogens (primary N) is 2. The number of carbonyl (C=O) groups excluding carboxylic acids is 5. The van der Waals surface area contributed by atoms with Gasteiger partial charge in [0.15, 0.2) is 0 Å². The summed E-state index contributed by atoms with van der Waals surface area (Å²) in [6.45, 7) is 4.84. The number of carbonyl (C=O) groups is 7. The number of aliphatic hydroxyl groups excluding tert-OH is 1. The molecule has 7 unspecified atom stereocenters. The number of unbranched alkanes of at least 4 members (excludes halogenated alkanes) is 1. The molecule has 0 bridgehead atoms. The van der Waals surface area contributed by atoms with Gasteiger partial charge in [-0.05, 0) is 49.8 Å². The number of hydrogen-bond donors (Lipinski definition) is 10. The summed E-state index contributed by atoms with van der Waals surface area (Å²) in [6, 6.07) is 9.03. The molecule has 0 aliphatic carbocycles. The molecule has 5 amide bonds. The van der Waals surface area contributed by atoms with E-state index in [0.717, 1.165) is 0 Å². The predicted molar refractivity (Wildman–Crippen MR) is 202 cm³/mol. The molecule has 2 aromatic carbocycles. The molecule has 0 saturated heterocycles. The Bertz CT molecular complexity index is 1580. The smallest absolute Gasteiger partial charge is 0.326 e. The Morgan fingerprint density at radius 2 is 1.05 bits per heavy atom. The molecule has 0 aliphatic heterocycles. The molecular formula is C38H55N7O10. The Balaban J connectivity index is 2.37. The number of benzene rings is 2. The summed E-state index contributed by atoms with van der Waals surface area (Å²) < 4.78 is 0. The van der Waals surface area contributed by atoms with Gasteiger partial charge in [-0.1, -0.05) is 80.9 Å². The lowest BCUT2D eigenvalue weighted by molar-refractivity contribution is -0.143. The standard InChI is InChI=1S/C38H55N7O10/c1-22(2)31(38(54)55)44-35(51)29(21-25-14-8-5-9-15-25)43-37(53)32(23(3)46)45-36(52)28(20-24-12-6-4-7-13-24)42-34(50)27(17-18-30(47)48)41-33(49)26(40)16-10-11-19-39/h4-9,12-15,22-23,26-29,31-32,46H,10-11,16-21,39-40H2,1-3H3,(H,41,49)(H,42,50)(H,43,53)(H,44,51)(H,45,52)(H,47,48)(H,54,55). The third kappa shape index (κ3) is 16.3. The van der Waals surface area contributed by atoms with E-state index in [2.05, 4.69) is 26.6 Å². The molecule has 55 heavy (non-hydrogen) atoms. The van der Waals surface area contributed by atoms with Crippen LogP contribution in [-0.2, 0) is 46.4 Å². The summed E-state index contributed by atoms with van der Waals surface area (Å²) in [5, 5.41) is 42.1. The van der Waals surface area contributed by atoms with Crippen molar-refractivity contribution in [3.63, 3.8) is 0 Å². The second kappa shape index (κ2) is 23.4. The Morgan fingerprint density at radius 3 is 1.49 bits per heavy atom. The largest absolute Gasteiger partial charge is 0.481 e. The lowest BCUT2D eigenvalue weighted by Crippen LogP contribution is -2.62. The Morgan fingerprint density at radius 1 is 0.600 bits per heavy atom. The minimum absolute atomic E-state index is 0.0594. The predicted octanol–water partition coefficient (Wildman–Crippen LogP) is -0.662. The van der Waals surface area contributed by atoms with Crippen LogP contribution in [0.3, 0.4) is 0 Å². The van der Waals surface area contributed by atoms with Crippen molar-refractivity contribution >= 4 is 41.5 Å². The second-order valence-corrected chi connectivity index (χ2v) is 13.7. The molecule has 2 aromatic rings. The number of aliphatic carboxylic acids is 2. The maximum Gasteiger partial charge on any atom is 0.326 e. The van der Waals surface area contributed by atoms with Gasteiger partial charge in [0.05, 0.1) is 12.1 Å². The van der Waals surface area contributed by atoms with Crippen LogP contribution in [0.4, 0.5) is 0 Å². The summed E-state index contributed by atoms with van der Waals surface area (Å²) in [6.07, 6.45) is -1.09. The molecule has 0 saturated carbocycles. The fourth-order valence-corrected chi connectivity index (χ4v) is 5.53. The van der Waals surface area contributed by atoms with E-state index in [4.69, 9.17) is 11.5 Å². The lowest BCUT2D eigenvalue weighted by Gasteiger charge is -2.28. The average Bonchev–Trinajstić information content (AvgIpc) is 3.13. The van der Waals surface area contributed by atoms with Gasteiger partial charge in [-0.15, -0.1) is 0 Å². The Hall–Kier alpha value is -5.39. The van der Waals surface area contributed by atoms with Gasteiger partial charge >= 0.3 is 11.9 Å². The average molecular weight is 770 g/mol. The first kappa shape index (κ1) is 45.8. The van der Waals surface area contributed by atoms with Crippen molar-refractivity contribution in [1.82, 2.24) is 26.6 Å². The van der Waals surface area contributed by atoms with Crippen molar-refractivity contribution in [2.75, 3.05) is 6.54 Å². The third-order valence-corrected chi connectivity index (χ3v) is 8.71. The van der Waals surface area contributed by atoms with Gasteiger partial charge in [-0.2, -0.15) is 0 Å². The molecule has 0 radical (unpaired) electrons. The van der Waals surface area contributed by atoms with Crippen LogP contribution in [0.25, 0.3) is 0 Å². The van der Waals surface area contributed by atoms with Crippen LogP contribution in [0.15, 0.2) is 60.7 Å². The summed E-state index contributed by atoms with van der Waals surface area (Å²) >= 11 is 0. The maximum atomic E-state index is 13.9. The van der Waals surface area contributed by atoms with Crippen LogP contribution in [0.1, 0.15) is 64.0 Å². The van der Waals surface area contributed by atoms with Gasteiger partial charge in [0.25, 0.3) is 0 Å². The van der Waals surface area contributed by atoms with Crippen LogP contribution in [0.5, 0.6) is 0 Å². The van der Waals surface area contributed by atoms with Gasteiger partial charge in [0.2, 0.25) is 29.5 Å². The van der Waals surface area contributed by atoms with E-state index in [1.165, 1.54) is 6.92 Å². The minimum Gasteiger partial charge on any atom is -0.481 e. The van der Waals surface area contributed by atoms with E-state index >= 15 is 0 Å². The molecule has 0 aliphatic rings. The van der Waals surface area contributed by atoms with E-state index in [1.54, 1.807) is 74.5 Å². The molecule has 17 heteroatoms. The quantitative estimate of drug-likeness (QED) is 0.0596. The molecule has 2 rings (SSSR count). The minimum atomic E-state index is -1.66. The normalized spacial score (nSPS) is 14.9. The summed E-state index contributed by atoms with van der Waals surface area (Å²) in [4.78, 5) is 90.8. The Kier molecular flexibility index (Phi) is 19.5. The van der Waals surface area contributed by atoms with Crippen LogP contribution in [-0.4, -0.2) is 106 Å². The fraction of sp³-hybridized carbons (Fsp3) is 0.500. The van der Waals surface area contributed by atoms with Gasteiger partial charge in [-0.3, -0.25) is 28.8 Å². The van der Waals surface area contributed by atoms with E-state index in [-0.39, 0.29) is 25.7 Å². The molecule has 7 atom stereocenters. The first-order valence-corrected chi connectivity index (χ1v) is 18.2. The third-order valence-electron chi connectivity index (χ3n) is 8.71. The van der Waals surface area contributed by atoms with Crippen molar-refractivity contribution in [3.05, 3.63) is 71.8 Å². The zero-order valence-electron chi connectivity index (χ0n) is 31.4. The highest BCUT2D eigenvalue weighted by Crippen LogP contribution is 2.10. The van der Waals surface area contributed by atoms with Gasteiger partial charge in [0.1, 0.15) is 30.2 Å². The Labute approximate surface area is 320 Å². The van der Waals surface area contributed by atoms with Gasteiger partial charge in [-0.25, -0.2) is 4.79 Å². The van der Waals surface area contributed by atoms with E-state index in [1.807, 2.05) is 0 Å². The van der Waals surface area contributed by atoms with Gasteiger partial charge < -0.3 is 53.4 Å². The molecule has 0 spiro atoms. The van der Waals surface area contributed by atoms with Crippen molar-refractivity contribution in [1.29, 1.82) is 0 Å². The number of carboxylic acid groups (broad SMARTS) is 2. The lowest BCUT2D eigenvalue weighted by atomic mass is 10.0. The summed E-state index contributed by atoms with van der Waals surface area (Å²) in [7, 11) is 0. The maximum absolute atomic E-state index is 13.9. The van der Waals surface area contributed by atoms with Crippen molar-refractivity contribution in [2.24, 2.45) is 17.4 Å². The molecule has 12 N–H and O–H groups in total. The molecule has 0 heterocycles. The topological polar surface area (TPSA) is 292 Å². The summed E-state index contributed by atoms with van der Waals surface area (Å²) in [5.74, 6) is -7.30. The second-order valence-electron chi connectivity index (χ2n) is 13.7. The van der Waals surface area contributed by atoms with Crippen LogP contribution < -0.4 is 38.1 Å². The SMILES string of the molecule is CC(C)C(NC(=O)C(Cc1ccccc1)NC(=O)C(NC(=O)C(Cc1ccccc1)NC(=O)C(CCC(=O)O)NC(=O)C(N)CCCCN)C(C)O)C(=O)O. The molecular weight excluding hydrogens is 714 g/mol.